The number of hydrogen-bond acceptors (Lipinski definition) is 0. The minimum absolute atomic E-state index is 0.582. The van der Waals surface area contributed by atoms with Crippen molar-refractivity contribution >= 4 is 0 Å². The summed E-state index contributed by atoms with van der Waals surface area (Å²) in [6.45, 7) is 9.02. The molecule has 0 saturated carbocycles. The molecule has 0 atom stereocenters. The summed E-state index contributed by atoms with van der Waals surface area (Å²) in [5.41, 5.74) is 7.05. The van der Waals surface area contributed by atoms with Gasteiger partial charge in [-0.25, -0.2) is 0 Å². The van der Waals surface area contributed by atoms with E-state index in [1.165, 1.54) is 27.8 Å². The van der Waals surface area contributed by atoms with Crippen molar-refractivity contribution in [2.45, 2.75) is 40.0 Å². The Morgan fingerprint density at radius 1 is 1.00 bits per heavy atom. The molecule has 0 unspecified atom stereocenters. The Hall–Kier alpha value is -1.56. The first-order valence-corrected chi connectivity index (χ1v) is 6.82. The van der Waals surface area contributed by atoms with E-state index in [1.807, 2.05) is 0 Å². The zero-order valence-corrected chi connectivity index (χ0v) is 11.8. The van der Waals surface area contributed by atoms with E-state index in [4.69, 9.17) is 0 Å². The van der Waals surface area contributed by atoms with Crippen LogP contribution >= 0.6 is 0 Å². The van der Waals surface area contributed by atoms with Crippen LogP contribution in [0.25, 0.3) is 11.1 Å². The van der Waals surface area contributed by atoms with Crippen LogP contribution in [0.2, 0.25) is 0 Å². The largest absolute Gasteiger partial charge is 0.0622 e. The molecule has 0 aliphatic carbocycles. The summed E-state index contributed by atoms with van der Waals surface area (Å²) in [6, 6.07) is 15.4. The fourth-order valence-corrected chi connectivity index (χ4v) is 2.52. The average Bonchev–Trinajstić information content (AvgIpc) is 2.39. The highest BCUT2D eigenvalue weighted by molar-refractivity contribution is 5.69. The lowest BCUT2D eigenvalue weighted by atomic mass is 9.88. The Labute approximate surface area is 111 Å². The van der Waals surface area contributed by atoms with Gasteiger partial charge in [-0.05, 0) is 47.1 Å². The first-order valence-electron chi connectivity index (χ1n) is 6.82. The molecule has 0 aliphatic rings. The molecule has 18 heavy (non-hydrogen) atoms. The Bertz CT molecular complexity index is 521. The Morgan fingerprint density at radius 2 is 1.67 bits per heavy atom. The molecular formula is C18H22. The predicted molar refractivity (Wildman–Crippen MR) is 80.1 cm³/mol. The van der Waals surface area contributed by atoms with Crippen LogP contribution in [-0.2, 0) is 6.42 Å². The third-order valence-corrected chi connectivity index (χ3v) is 3.62. The molecule has 0 aliphatic heterocycles. The second-order valence-corrected chi connectivity index (χ2v) is 5.23. The number of benzene rings is 2. The van der Waals surface area contributed by atoms with Gasteiger partial charge in [0, 0.05) is 0 Å². The summed E-state index contributed by atoms with van der Waals surface area (Å²) >= 11 is 0. The van der Waals surface area contributed by atoms with Crippen LogP contribution in [0.1, 0.15) is 43.4 Å². The monoisotopic (exact) mass is 238 g/mol. The molecule has 0 heteroatoms. The highest BCUT2D eigenvalue weighted by Crippen LogP contribution is 2.31. The summed E-state index contributed by atoms with van der Waals surface area (Å²) in [5.74, 6) is 0.582. The fourth-order valence-electron chi connectivity index (χ4n) is 2.52. The van der Waals surface area contributed by atoms with Gasteiger partial charge in [0.2, 0.25) is 0 Å². The molecule has 0 bridgehead atoms. The molecule has 0 fully saturated rings. The topological polar surface area (TPSA) is 0 Å². The van der Waals surface area contributed by atoms with E-state index in [9.17, 15) is 0 Å². The van der Waals surface area contributed by atoms with Crippen molar-refractivity contribution in [2.24, 2.45) is 0 Å². The molecule has 0 heterocycles. The van der Waals surface area contributed by atoms with Crippen LogP contribution in [0.5, 0.6) is 0 Å². The van der Waals surface area contributed by atoms with E-state index in [0.717, 1.165) is 6.42 Å². The van der Waals surface area contributed by atoms with E-state index in [0.29, 0.717) is 5.92 Å². The van der Waals surface area contributed by atoms with Crippen LogP contribution < -0.4 is 0 Å². The second-order valence-electron chi connectivity index (χ2n) is 5.23. The van der Waals surface area contributed by atoms with E-state index in [-0.39, 0.29) is 0 Å². The molecule has 0 radical (unpaired) electrons. The average molecular weight is 238 g/mol. The van der Waals surface area contributed by atoms with Gasteiger partial charge in [-0.15, -0.1) is 0 Å². The first-order chi connectivity index (χ1) is 8.63. The zero-order chi connectivity index (χ0) is 13.1. The van der Waals surface area contributed by atoms with Crippen LogP contribution in [0.3, 0.4) is 0 Å². The summed E-state index contributed by atoms with van der Waals surface area (Å²) in [6.07, 6.45) is 1.10. The lowest BCUT2D eigenvalue weighted by Crippen LogP contribution is -1.97. The van der Waals surface area contributed by atoms with E-state index in [2.05, 4.69) is 70.2 Å². The molecule has 2 aromatic rings. The lowest BCUT2D eigenvalue weighted by molar-refractivity contribution is 0.853. The maximum Gasteiger partial charge on any atom is -0.0149 e. The smallest absolute Gasteiger partial charge is 0.0149 e. The normalized spacial score (nSPS) is 10.9. The number of hydrogen-bond donors (Lipinski definition) is 0. The predicted octanol–water partition coefficient (Wildman–Crippen LogP) is 5.35. The Kier molecular flexibility index (Phi) is 3.86. The van der Waals surface area contributed by atoms with Crippen LogP contribution in [0, 0.1) is 6.92 Å². The van der Waals surface area contributed by atoms with Crippen molar-refractivity contribution in [1.82, 2.24) is 0 Å². The molecular weight excluding hydrogens is 216 g/mol. The standard InChI is InChI=1S/C18H22/c1-5-15-11-17(13(2)3)14(4)18(12-15)16-9-7-6-8-10-16/h6-13H,5H2,1-4H3. The molecule has 0 nitrogen and oxygen atoms in total. The van der Waals surface area contributed by atoms with Gasteiger partial charge in [-0.2, -0.15) is 0 Å². The minimum atomic E-state index is 0.582. The van der Waals surface area contributed by atoms with Crippen molar-refractivity contribution in [3.05, 3.63) is 59.2 Å². The van der Waals surface area contributed by atoms with Gasteiger partial charge in [-0.3, -0.25) is 0 Å². The first kappa shape index (κ1) is 12.9. The summed E-state index contributed by atoms with van der Waals surface area (Å²) in [4.78, 5) is 0. The van der Waals surface area contributed by atoms with Crippen LogP contribution in [0.4, 0.5) is 0 Å². The fraction of sp³-hybridized carbons (Fsp3) is 0.333. The molecule has 94 valence electrons. The van der Waals surface area contributed by atoms with Gasteiger partial charge in [0.1, 0.15) is 0 Å². The number of aryl methyl sites for hydroxylation is 1. The van der Waals surface area contributed by atoms with E-state index in [1.54, 1.807) is 0 Å². The molecule has 2 aromatic carbocycles. The molecule has 0 aromatic heterocycles. The highest BCUT2D eigenvalue weighted by atomic mass is 14.2. The van der Waals surface area contributed by atoms with Gasteiger partial charge in [0.15, 0.2) is 0 Å². The summed E-state index contributed by atoms with van der Waals surface area (Å²) in [5, 5.41) is 0. The SMILES string of the molecule is CCc1cc(-c2ccccc2)c(C)c(C(C)C)c1. The van der Waals surface area contributed by atoms with Crippen molar-refractivity contribution in [2.75, 3.05) is 0 Å². The van der Waals surface area contributed by atoms with E-state index < -0.39 is 0 Å². The molecule has 2 rings (SSSR count). The van der Waals surface area contributed by atoms with Gasteiger partial charge in [-0.1, -0.05) is 63.2 Å². The van der Waals surface area contributed by atoms with Crippen LogP contribution in [0.15, 0.2) is 42.5 Å². The summed E-state index contributed by atoms with van der Waals surface area (Å²) in [7, 11) is 0. The van der Waals surface area contributed by atoms with Crippen molar-refractivity contribution < 1.29 is 0 Å². The molecule has 0 amide bonds. The Morgan fingerprint density at radius 3 is 2.22 bits per heavy atom. The maximum atomic E-state index is 2.37. The Balaban J connectivity index is 2.63. The zero-order valence-electron chi connectivity index (χ0n) is 11.8. The molecule has 0 spiro atoms. The van der Waals surface area contributed by atoms with Gasteiger partial charge in [0.05, 0.1) is 0 Å². The van der Waals surface area contributed by atoms with Crippen molar-refractivity contribution in [3.8, 4) is 11.1 Å². The van der Waals surface area contributed by atoms with Gasteiger partial charge >= 0.3 is 0 Å². The third kappa shape index (κ3) is 2.48. The van der Waals surface area contributed by atoms with Crippen molar-refractivity contribution in [3.63, 3.8) is 0 Å². The lowest BCUT2D eigenvalue weighted by Gasteiger charge is -2.17. The molecule has 0 saturated heterocycles. The maximum absolute atomic E-state index is 2.37. The number of rotatable bonds is 3. The van der Waals surface area contributed by atoms with E-state index >= 15 is 0 Å². The van der Waals surface area contributed by atoms with Gasteiger partial charge in [0.25, 0.3) is 0 Å². The quantitative estimate of drug-likeness (QED) is 0.676. The molecule has 0 N–H and O–H groups in total. The summed E-state index contributed by atoms with van der Waals surface area (Å²) < 4.78 is 0. The minimum Gasteiger partial charge on any atom is -0.0622 e. The van der Waals surface area contributed by atoms with Gasteiger partial charge < -0.3 is 0 Å². The highest BCUT2D eigenvalue weighted by Gasteiger charge is 2.10. The van der Waals surface area contributed by atoms with Crippen molar-refractivity contribution in [1.29, 1.82) is 0 Å². The second kappa shape index (κ2) is 5.39. The van der Waals surface area contributed by atoms with Crippen LogP contribution in [-0.4, -0.2) is 0 Å². The third-order valence-electron chi connectivity index (χ3n) is 3.62.